The summed E-state index contributed by atoms with van der Waals surface area (Å²) in [6.45, 7) is 7.94. The normalized spacial score (nSPS) is 15.4. The summed E-state index contributed by atoms with van der Waals surface area (Å²) in [6, 6.07) is 4.83. The average molecular weight is 211 g/mol. The fraction of sp³-hybridized carbons (Fsp3) is 0.667. The largest absolute Gasteiger partial charge is 0.309 e. The molecule has 0 bridgehead atoms. The summed E-state index contributed by atoms with van der Waals surface area (Å²) in [7, 11) is 0. The van der Waals surface area contributed by atoms with Crippen LogP contribution in [0.2, 0.25) is 0 Å². The molecule has 0 aromatic carbocycles. The van der Waals surface area contributed by atoms with E-state index in [1.54, 1.807) is 0 Å². The molecule has 2 atom stereocenters. The zero-order chi connectivity index (χ0) is 10.4. The van der Waals surface area contributed by atoms with Gasteiger partial charge in [0.25, 0.3) is 0 Å². The van der Waals surface area contributed by atoms with Gasteiger partial charge in [-0.1, -0.05) is 26.3 Å². The molecule has 0 saturated heterocycles. The third-order valence-corrected chi connectivity index (χ3v) is 3.58. The van der Waals surface area contributed by atoms with Crippen molar-refractivity contribution in [1.82, 2.24) is 5.32 Å². The minimum Gasteiger partial charge on any atom is -0.309 e. The standard InChI is InChI=1S/C12H21NS/c1-4-6-10(2)9-13-11(3)12-7-5-8-14-12/h5,7-8,10-11,13H,4,6,9H2,1-3H3/t10?,11-/m1/s1. The van der Waals surface area contributed by atoms with Gasteiger partial charge in [-0.2, -0.15) is 0 Å². The molecular weight excluding hydrogens is 190 g/mol. The molecule has 2 heteroatoms. The zero-order valence-corrected chi connectivity index (χ0v) is 10.2. The van der Waals surface area contributed by atoms with Crippen molar-refractivity contribution in [2.75, 3.05) is 6.54 Å². The second kappa shape index (κ2) is 6.20. The Bertz CT molecular complexity index is 230. The first-order valence-electron chi connectivity index (χ1n) is 5.50. The van der Waals surface area contributed by atoms with Crippen LogP contribution in [0.3, 0.4) is 0 Å². The lowest BCUT2D eigenvalue weighted by Gasteiger charge is -2.16. The smallest absolute Gasteiger partial charge is 0.0386 e. The van der Waals surface area contributed by atoms with Gasteiger partial charge in [0.2, 0.25) is 0 Å². The summed E-state index contributed by atoms with van der Waals surface area (Å²) in [5.74, 6) is 0.794. The Balaban J connectivity index is 2.24. The molecule has 0 aliphatic heterocycles. The average Bonchev–Trinajstić information content (AvgIpc) is 2.67. The lowest BCUT2D eigenvalue weighted by Crippen LogP contribution is -2.23. The molecule has 1 N–H and O–H groups in total. The molecule has 1 unspecified atom stereocenters. The fourth-order valence-electron chi connectivity index (χ4n) is 1.61. The van der Waals surface area contributed by atoms with E-state index in [2.05, 4.69) is 43.6 Å². The Hall–Kier alpha value is -0.340. The minimum atomic E-state index is 0.509. The molecule has 0 aliphatic rings. The van der Waals surface area contributed by atoms with E-state index in [9.17, 15) is 0 Å². The van der Waals surface area contributed by atoms with E-state index in [1.165, 1.54) is 17.7 Å². The van der Waals surface area contributed by atoms with E-state index in [0.717, 1.165) is 12.5 Å². The predicted molar refractivity (Wildman–Crippen MR) is 64.8 cm³/mol. The van der Waals surface area contributed by atoms with Gasteiger partial charge in [-0.25, -0.2) is 0 Å². The van der Waals surface area contributed by atoms with E-state index < -0.39 is 0 Å². The van der Waals surface area contributed by atoms with Crippen molar-refractivity contribution in [3.8, 4) is 0 Å². The highest BCUT2D eigenvalue weighted by Gasteiger charge is 2.07. The Morgan fingerprint density at radius 1 is 1.43 bits per heavy atom. The van der Waals surface area contributed by atoms with Crippen LogP contribution in [-0.4, -0.2) is 6.54 Å². The molecule has 0 fully saturated rings. The van der Waals surface area contributed by atoms with Crippen LogP contribution in [-0.2, 0) is 0 Å². The number of hydrogen-bond donors (Lipinski definition) is 1. The number of hydrogen-bond acceptors (Lipinski definition) is 2. The van der Waals surface area contributed by atoms with Gasteiger partial charge >= 0.3 is 0 Å². The summed E-state index contributed by atoms with van der Waals surface area (Å²) in [5.41, 5.74) is 0. The van der Waals surface area contributed by atoms with Crippen LogP contribution in [0.4, 0.5) is 0 Å². The van der Waals surface area contributed by atoms with Gasteiger partial charge in [-0.3, -0.25) is 0 Å². The van der Waals surface area contributed by atoms with Crippen molar-refractivity contribution in [3.05, 3.63) is 22.4 Å². The number of nitrogens with one attached hydrogen (secondary N) is 1. The van der Waals surface area contributed by atoms with Gasteiger partial charge in [-0.05, 0) is 37.3 Å². The summed E-state index contributed by atoms with van der Waals surface area (Å²) in [4.78, 5) is 1.44. The van der Waals surface area contributed by atoms with Crippen LogP contribution in [0, 0.1) is 5.92 Å². The summed E-state index contributed by atoms with van der Waals surface area (Å²) >= 11 is 1.83. The first-order valence-corrected chi connectivity index (χ1v) is 6.38. The van der Waals surface area contributed by atoms with Gasteiger partial charge in [0, 0.05) is 10.9 Å². The maximum Gasteiger partial charge on any atom is 0.0386 e. The van der Waals surface area contributed by atoms with Crippen LogP contribution < -0.4 is 5.32 Å². The van der Waals surface area contributed by atoms with Crippen molar-refractivity contribution in [2.24, 2.45) is 5.92 Å². The molecular formula is C12H21NS. The zero-order valence-electron chi connectivity index (χ0n) is 9.42. The fourth-order valence-corrected chi connectivity index (χ4v) is 2.37. The summed E-state index contributed by atoms with van der Waals surface area (Å²) in [6.07, 6.45) is 2.61. The van der Waals surface area contributed by atoms with Crippen LogP contribution in [0.5, 0.6) is 0 Å². The van der Waals surface area contributed by atoms with Gasteiger partial charge in [0.1, 0.15) is 0 Å². The molecule has 14 heavy (non-hydrogen) atoms. The number of thiophene rings is 1. The Kier molecular flexibility index (Phi) is 5.20. The Morgan fingerprint density at radius 2 is 2.21 bits per heavy atom. The van der Waals surface area contributed by atoms with Crippen molar-refractivity contribution in [1.29, 1.82) is 0 Å². The third kappa shape index (κ3) is 3.81. The summed E-state index contributed by atoms with van der Waals surface area (Å²) in [5, 5.41) is 5.72. The van der Waals surface area contributed by atoms with Gasteiger partial charge < -0.3 is 5.32 Å². The van der Waals surface area contributed by atoms with E-state index >= 15 is 0 Å². The SMILES string of the molecule is CCCC(C)CN[C@H](C)c1cccs1. The van der Waals surface area contributed by atoms with Crippen molar-refractivity contribution >= 4 is 11.3 Å². The first kappa shape index (κ1) is 11.7. The van der Waals surface area contributed by atoms with E-state index in [4.69, 9.17) is 0 Å². The highest BCUT2D eigenvalue weighted by Crippen LogP contribution is 2.18. The molecule has 1 heterocycles. The molecule has 1 rings (SSSR count). The first-order chi connectivity index (χ1) is 6.74. The maximum absolute atomic E-state index is 3.58. The monoisotopic (exact) mass is 211 g/mol. The third-order valence-electron chi connectivity index (χ3n) is 2.52. The second-order valence-electron chi connectivity index (χ2n) is 4.04. The second-order valence-corrected chi connectivity index (χ2v) is 5.02. The van der Waals surface area contributed by atoms with E-state index in [1.807, 2.05) is 11.3 Å². The summed E-state index contributed by atoms with van der Waals surface area (Å²) < 4.78 is 0. The molecule has 0 radical (unpaired) electrons. The molecule has 0 saturated carbocycles. The van der Waals surface area contributed by atoms with Crippen molar-refractivity contribution in [2.45, 2.75) is 39.7 Å². The quantitative estimate of drug-likeness (QED) is 0.754. The minimum absolute atomic E-state index is 0.509. The van der Waals surface area contributed by atoms with Crippen molar-refractivity contribution < 1.29 is 0 Å². The maximum atomic E-state index is 3.58. The van der Waals surface area contributed by atoms with Crippen LogP contribution in [0.1, 0.15) is 44.5 Å². The number of rotatable bonds is 6. The van der Waals surface area contributed by atoms with Gasteiger partial charge in [0.05, 0.1) is 0 Å². The molecule has 1 nitrogen and oxygen atoms in total. The molecule has 0 aliphatic carbocycles. The molecule has 0 amide bonds. The van der Waals surface area contributed by atoms with Crippen LogP contribution in [0.25, 0.3) is 0 Å². The molecule has 80 valence electrons. The Morgan fingerprint density at radius 3 is 2.79 bits per heavy atom. The van der Waals surface area contributed by atoms with Crippen LogP contribution in [0.15, 0.2) is 17.5 Å². The molecule has 1 aromatic rings. The van der Waals surface area contributed by atoms with Gasteiger partial charge in [0.15, 0.2) is 0 Å². The van der Waals surface area contributed by atoms with Crippen molar-refractivity contribution in [3.63, 3.8) is 0 Å². The van der Waals surface area contributed by atoms with Crippen LogP contribution >= 0.6 is 11.3 Å². The lowest BCUT2D eigenvalue weighted by atomic mass is 10.1. The molecule has 0 spiro atoms. The van der Waals surface area contributed by atoms with E-state index in [-0.39, 0.29) is 0 Å². The predicted octanol–water partition coefficient (Wildman–Crippen LogP) is 3.83. The Labute approximate surface area is 91.5 Å². The topological polar surface area (TPSA) is 12.0 Å². The molecule has 1 aromatic heterocycles. The highest BCUT2D eigenvalue weighted by molar-refractivity contribution is 7.10. The highest BCUT2D eigenvalue weighted by atomic mass is 32.1. The lowest BCUT2D eigenvalue weighted by molar-refractivity contribution is 0.446. The van der Waals surface area contributed by atoms with Gasteiger partial charge in [-0.15, -0.1) is 11.3 Å². The van der Waals surface area contributed by atoms with E-state index in [0.29, 0.717) is 6.04 Å².